The molecule has 0 atom stereocenters. The van der Waals surface area contributed by atoms with E-state index in [0.717, 1.165) is 5.56 Å². The molecule has 0 spiro atoms. The highest BCUT2D eigenvalue weighted by Crippen LogP contribution is 2.27. The lowest BCUT2D eigenvalue weighted by Gasteiger charge is -2.23. The van der Waals surface area contributed by atoms with Crippen molar-refractivity contribution in [2.75, 3.05) is 6.61 Å². The summed E-state index contributed by atoms with van der Waals surface area (Å²) < 4.78 is 0. The molecule has 14 heavy (non-hydrogen) atoms. The fourth-order valence-electron chi connectivity index (χ4n) is 1.15. The second-order valence-corrected chi connectivity index (χ2v) is 4.47. The number of pyridine rings is 1. The van der Waals surface area contributed by atoms with Gasteiger partial charge in [0, 0.05) is 5.41 Å². The number of hydrogen-bond donors (Lipinski definition) is 1. The Morgan fingerprint density at radius 3 is 2.29 bits per heavy atom. The van der Waals surface area contributed by atoms with Crippen LogP contribution >= 0.6 is 23.2 Å². The van der Waals surface area contributed by atoms with Gasteiger partial charge in [0.25, 0.3) is 0 Å². The number of hydrogen-bond acceptors (Lipinski definition) is 3. The maximum Gasteiger partial charge on any atom is 0.131 e. The molecule has 0 amide bonds. The van der Waals surface area contributed by atoms with Gasteiger partial charge in [-0.15, -0.1) is 0 Å². The third kappa shape index (κ3) is 2.82. The second kappa shape index (κ2) is 4.45. The number of halogens is 2. The summed E-state index contributed by atoms with van der Waals surface area (Å²) in [6.07, 6.45) is 0. The Labute approximate surface area is 93.1 Å². The van der Waals surface area contributed by atoms with Crippen LogP contribution in [-0.2, 0) is 10.3 Å². The van der Waals surface area contributed by atoms with Gasteiger partial charge in [-0.05, 0) is 17.7 Å². The molecule has 5 heteroatoms. The van der Waals surface area contributed by atoms with Crippen LogP contribution in [0.5, 0.6) is 0 Å². The Bertz CT molecular complexity index is 308. The topological polar surface area (TPSA) is 48.1 Å². The Morgan fingerprint density at radius 1 is 1.36 bits per heavy atom. The quantitative estimate of drug-likeness (QED) is 0.646. The smallest absolute Gasteiger partial charge is 0.131 e. The average Bonchev–Trinajstić information content (AvgIpc) is 2.02. The van der Waals surface area contributed by atoms with Crippen LogP contribution in [0.15, 0.2) is 12.1 Å². The van der Waals surface area contributed by atoms with E-state index < -0.39 is 0 Å². The standard InChI is InChI=1S/C9H12Cl2N2O/c1-9(2,5-14-12)6-3-7(10)13-8(11)4-6/h3-4H,5,12H2,1-2H3. The molecule has 0 bridgehead atoms. The van der Waals surface area contributed by atoms with Crippen molar-refractivity contribution < 1.29 is 4.84 Å². The summed E-state index contributed by atoms with van der Waals surface area (Å²) in [6.45, 7) is 4.37. The van der Waals surface area contributed by atoms with Gasteiger partial charge in [0.2, 0.25) is 0 Å². The third-order valence-corrected chi connectivity index (χ3v) is 2.38. The predicted molar refractivity (Wildman–Crippen MR) is 57.4 cm³/mol. The molecule has 0 radical (unpaired) electrons. The van der Waals surface area contributed by atoms with Crippen LogP contribution in [0, 0.1) is 0 Å². The van der Waals surface area contributed by atoms with E-state index in [1.807, 2.05) is 13.8 Å². The first kappa shape index (κ1) is 11.7. The van der Waals surface area contributed by atoms with Crippen molar-refractivity contribution in [3.8, 4) is 0 Å². The van der Waals surface area contributed by atoms with Gasteiger partial charge in [-0.2, -0.15) is 0 Å². The molecule has 0 unspecified atom stereocenters. The van der Waals surface area contributed by atoms with Crippen LogP contribution in [0.25, 0.3) is 0 Å². The highest BCUT2D eigenvalue weighted by atomic mass is 35.5. The van der Waals surface area contributed by atoms with Crippen LogP contribution in [0.1, 0.15) is 19.4 Å². The van der Waals surface area contributed by atoms with Crippen molar-refractivity contribution in [3.05, 3.63) is 28.0 Å². The number of rotatable bonds is 3. The largest absolute Gasteiger partial charge is 0.304 e. The molecule has 0 saturated heterocycles. The van der Waals surface area contributed by atoms with Crippen molar-refractivity contribution in [2.45, 2.75) is 19.3 Å². The molecule has 0 fully saturated rings. The van der Waals surface area contributed by atoms with E-state index in [1.54, 1.807) is 12.1 Å². The van der Waals surface area contributed by atoms with Gasteiger partial charge in [0.05, 0.1) is 6.61 Å². The molecule has 0 aliphatic carbocycles. The SMILES string of the molecule is CC(C)(CON)c1cc(Cl)nc(Cl)c1. The van der Waals surface area contributed by atoms with Crippen LogP contribution in [0.3, 0.4) is 0 Å². The van der Waals surface area contributed by atoms with E-state index >= 15 is 0 Å². The lowest BCUT2D eigenvalue weighted by Crippen LogP contribution is -2.26. The van der Waals surface area contributed by atoms with Gasteiger partial charge >= 0.3 is 0 Å². The molecule has 1 heterocycles. The van der Waals surface area contributed by atoms with E-state index in [0.29, 0.717) is 16.9 Å². The fraction of sp³-hybridized carbons (Fsp3) is 0.444. The summed E-state index contributed by atoms with van der Waals surface area (Å²) >= 11 is 11.6. The van der Waals surface area contributed by atoms with Gasteiger partial charge in [-0.25, -0.2) is 10.9 Å². The molecular weight excluding hydrogens is 223 g/mol. The minimum absolute atomic E-state index is 0.231. The van der Waals surface area contributed by atoms with E-state index in [9.17, 15) is 0 Å². The average molecular weight is 235 g/mol. The molecule has 0 saturated carbocycles. The van der Waals surface area contributed by atoms with Crippen molar-refractivity contribution in [2.24, 2.45) is 5.90 Å². The molecule has 1 aromatic rings. The van der Waals surface area contributed by atoms with E-state index in [4.69, 9.17) is 29.1 Å². The molecule has 78 valence electrons. The summed E-state index contributed by atoms with van der Waals surface area (Å²) in [4.78, 5) is 8.50. The zero-order chi connectivity index (χ0) is 10.8. The Balaban J connectivity index is 3.05. The Morgan fingerprint density at radius 2 is 1.86 bits per heavy atom. The Hall–Kier alpha value is -0.350. The van der Waals surface area contributed by atoms with E-state index in [-0.39, 0.29) is 5.41 Å². The van der Waals surface area contributed by atoms with Gasteiger partial charge in [-0.3, -0.25) is 0 Å². The van der Waals surface area contributed by atoms with E-state index in [1.165, 1.54) is 0 Å². The molecular formula is C9H12Cl2N2O. The molecule has 1 rings (SSSR count). The van der Waals surface area contributed by atoms with Crippen LogP contribution in [-0.4, -0.2) is 11.6 Å². The first-order chi connectivity index (χ1) is 6.45. The fourth-order valence-corrected chi connectivity index (χ4v) is 1.61. The molecule has 2 N–H and O–H groups in total. The number of nitrogens with two attached hydrogens (primary N) is 1. The monoisotopic (exact) mass is 234 g/mol. The molecule has 0 aliphatic rings. The van der Waals surface area contributed by atoms with Crippen LogP contribution in [0.4, 0.5) is 0 Å². The predicted octanol–water partition coefficient (Wildman–Crippen LogP) is 2.56. The lowest BCUT2D eigenvalue weighted by molar-refractivity contribution is 0.0964. The van der Waals surface area contributed by atoms with Gasteiger partial charge in [0.1, 0.15) is 10.3 Å². The number of aromatic nitrogens is 1. The highest BCUT2D eigenvalue weighted by molar-refractivity contribution is 6.32. The summed E-state index contributed by atoms with van der Waals surface area (Å²) in [6, 6.07) is 3.51. The zero-order valence-corrected chi connectivity index (χ0v) is 9.56. The van der Waals surface area contributed by atoms with Crippen molar-refractivity contribution >= 4 is 23.2 Å². The lowest BCUT2D eigenvalue weighted by atomic mass is 9.86. The molecule has 0 aliphatic heterocycles. The van der Waals surface area contributed by atoms with Gasteiger partial charge in [-0.1, -0.05) is 37.0 Å². The Kier molecular flexibility index (Phi) is 3.72. The summed E-state index contributed by atoms with van der Waals surface area (Å²) in [5.41, 5.74) is 0.721. The maximum absolute atomic E-state index is 5.79. The maximum atomic E-state index is 5.79. The minimum atomic E-state index is -0.231. The highest BCUT2D eigenvalue weighted by Gasteiger charge is 2.22. The van der Waals surface area contributed by atoms with Gasteiger partial charge in [0.15, 0.2) is 0 Å². The van der Waals surface area contributed by atoms with Crippen molar-refractivity contribution in [1.29, 1.82) is 0 Å². The normalized spacial score (nSPS) is 11.8. The van der Waals surface area contributed by atoms with E-state index in [2.05, 4.69) is 9.82 Å². The minimum Gasteiger partial charge on any atom is -0.304 e. The van der Waals surface area contributed by atoms with Gasteiger partial charge < -0.3 is 4.84 Å². The molecule has 1 aromatic heterocycles. The first-order valence-electron chi connectivity index (χ1n) is 4.11. The van der Waals surface area contributed by atoms with Crippen molar-refractivity contribution in [3.63, 3.8) is 0 Å². The zero-order valence-electron chi connectivity index (χ0n) is 8.05. The van der Waals surface area contributed by atoms with Crippen LogP contribution < -0.4 is 5.90 Å². The summed E-state index contributed by atoms with van der Waals surface area (Å²) in [7, 11) is 0. The van der Waals surface area contributed by atoms with Crippen LogP contribution in [0.2, 0.25) is 10.3 Å². The first-order valence-corrected chi connectivity index (χ1v) is 4.86. The second-order valence-electron chi connectivity index (χ2n) is 3.70. The number of nitrogens with zero attached hydrogens (tertiary/aromatic N) is 1. The third-order valence-electron chi connectivity index (χ3n) is 1.99. The van der Waals surface area contributed by atoms with Crippen molar-refractivity contribution in [1.82, 2.24) is 4.98 Å². The molecule has 3 nitrogen and oxygen atoms in total. The summed E-state index contributed by atoms with van der Waals surface area (Å²) in [5, 5.41) is 0.746. The molecule has 0 aromatic carbocycles. The summed E-state index contributed by atoms with van der Waals surface area (Å²) in [5.74, 6) is 5.05.